The van der Waals surface area contributed by atoms with E-state index in [1.165, 1.54) is 11.1 Å². The molecular formula is C26H30N4O2. The van der Waals surface area contributed by atoms with E-state index in [1.54, 1.807) is 0 Å². The summed E-state index contributed by atoms with van der Waals surface area (Å²) in [6.07, 6.45) is 0. The summed E-state index contributed by atoms with van der Waals surface area (Å²) in [5.41, 5.74) is 3.08. The first-order valence-electron chi connectivity index (χ1n) is 11.4. The molecule has 2 aliphatic heterocycles. The minimum Gasteiger partial charge on any atom is -0.339 e. The number of likely N-dealkylation sites (tertiary alicyclic amines) is 2. The van der Waals surface area contributed by atoms with E-state index in [4.69, 9.17) is 4.52 Å². The van der Waals surface area contributed by atoms with Gasteiger partial charge in [0, 0.05) is 44.2 Å². The molecule has 2 fully saturated rings. The Balaban J connectivity index is 1.37. The number of amides is 1. The maximum atomic E-state index is 13.2. The average molecular weight is 431 g/mol. The van der Waals surface area contributed by atoms with Crippen molar-refractivity contribution in [2.75, 3.05) is 26.2 Å². The van der Waals surface area contributed by atoms with Crippen LogP contribution in [0.25, 0.3) is 0 Å². The monoisotopic (exact) mass is 430 g/mol. The summed E-state index contributed by atoms with van der Waals surface area (Å²) in [6.45, 7) is 10.2. The number of rotatable bonds is 5. The minimum absolute atomic E-state index is 0.0754. The lowest BCUT2D eigenvalue weighted by Crippen LogP contribution is -2.40. The third-order valence-corrected chi connectivity index (χ3v) is 6.99. The molecule has 0 aliphatic carbocycles. The fourth-order valence-electron chi connectivity index (χ4n) is 5.28. The Labute approximate surface area is 189 Å². The maximum Gasteiger partial charge on any atom is 0.253 e. The molecule has 6 nitrogen and oxygen atoms in total. The number of aromatic nitrogens is 2. The molecule has 6 heteroatoms. The molecule has 3 aromatic rings. The molecule has 0 saturated carbocycles. The van der Waals surface area contributed by atoms with E-state index < -0.39 is 0 Å². The number of aryl methyl sites for hydroxylation is 1. The van der Waals surface area contributed by atoms with Crippen LogP contribution in [0.1, 0.15) is 53.0 Å². The van der Waals surface area contributed by atoms with Gasteiger partial charge in [0.05, 0.1) is 5.41 Å². The number of fused-ring (bicyclic) bond motifs is 1. The van der Waals surface area contributed by atoms with Crippen LogP contribution in [0.5, 0.6) is 0 Å². The van der Waals surface area contributed by atoms with Crippen molar-refractivity contribution in [3.05, 3.63) is 83.0 Å². The first-order valence-corrected chi connectivity index (χ1v) is 11.4. The summed E-state index contributed by atoms with van der Waals surface area (Å²) in [5.74, 6) is 2.19. The van der Waals surface area contributed by atoms with Crippen molar-refractivity contribution in [2.24, 2.45) is 5.92 Å². The van der Waals surface area contributed by atoms with E-state index in [2.05, 4.69) is 53.2 Å². The summed E-state index contributed by atoms with van der Waals surface area (Å²) in [6, 6.07) is 18.4. The SMILES string of the molecule is Cc1noc([C@]23CN(Cc4ccc(C(C)C)cc4)C[C@H]2CN(C(=O)c2ccccc2)C3)n1. The first-order chi connectivity index (χ1) is 15.4. The van der Waals surface area contributed by atoms with Crippen LogP contribution < -0.4 is 0 Å². The Hall–Kier alpha value is -2.99. The van der Waals surface area contributed by atoms with E-state index >= 15 is 0 Å². The molecule has 2 aliphatic rings. The number of hydrogen-bond acceptors (Lipinski definition) is 5. The second-order valence-corrected chi connectivity index (χ2v) is 9.62. The molecule has 0 radical (unpaired) electrons. The van der Waals surface area contributed by atoms with Crippen LogP contribution >= 0.6 is 0 Å². The summed E-state index contributed by atoms with van der Waals surface area (Å²) in [4.78, 5) is 22.2. The Morgan fingerprint density at radius 3 is 2.50 bits per heavy atom. The smallest absolute Gasteiger partial charge is 0.253 e. The zero-order valence-electron chi connectivity index (χ0n) is 19.0. The van der Waals surface area contributed by atoms with Gasteiger partial charge >= 0.3 is 0 Å². The van der Waals surface area contributed by atoms with Crippen molar-refractivity contribution in [2.45, 2.75) is 38.6 Å². The number of carbonyl (C=O) groups is 1. The van der Waals surface area contributed by atoms with Crippen molar-refractivity contribution in [1.29, 1.82) is 0 Å². The fourth-order valence-corrected chi connectivity index (χ4v) is 5.28. The Kier molecular flexibility index (Phi) is 5.33. The summed E-state index contributed by atoms with van der Waals surface area (Å²) >= 11 is 0. The van der Waals surface area contributed by atoms with Gasteiger partial charge in [-0.15, -0.1) is 0 Å². The number of nitrogens with zero attached hydrogens (tertiary/aromatic N) is 4. The van der Waals surface area contributed by atoms with Gasteiger partial charge in [0.2, 0.25) is 5.89 Å². The van der Waals surface area contributed by atoms with Crippen LogP contribution in [0.4, 0.5) is 0 Å². The normalized spacial score (nSPS) is 23.1. The first kappa shape index (κ1) is 20.9. The minimum atomic E-state index is -0.316. The molecule has 166 valence electrons. The third-order valence-electron chi connectivity index (χ3n) is 6.99. The van der Waals surface area contributed by atoms with Crippen LogP contribution in [0.2, 0.25) is 0 Å². The van der Waals surface area contributed by atoms with Gasteiger partial charge in [-0.05, 0) is 36.1 Å². The zero-order valence-corrected chi connectivity index (χ0v) is 19.0. The maximum absolute atomic E-state index is 13.2. The third kappa shape index (κ3) is 3.73. The molecule has 2 aromatic carbocycles. The van der Waals surface area contributed by atoms with Gasteiger partial charge in [-0.3, -0.25) is 9.69 Å². The van der Waals surface area contributed by atoms with Crippen LogP contribution in [0.15, 0.2) is 59.1 Å². The van der Waals surface area contributed by atoms with E-state index in [9.17, 15) is 4.79 Å². The van der Waals surface area contributed by atoms with Gasteiger partial charge in [0.1, 0.15) is 0 Å². The second kappa shape index (κ2) is 8.17. The lowest BCUT2D eigenvalue weighted by atomic mass is 9.81. The van der Waals surface area contributed by atoms with Crippen LogP contribution in [-0.4, -0.2) is 52.0 Å². The molecule has 1 amide bonds. The van der Waals surface area contributed by atoms with Gasteiger partial charge < -0.3 is 9.42 Å². The lowest BCUT2D eigenvalue weighted by Gasteiger charge is -2.26. The van der Waals surface area contributed by atoms with Gasteiger partial charge in [0.25, 0.3) is 5.91 Å². The van der Waals surface area contributed by atoms with Gasteiger partial charge in [-0.1, -0.05) is 61.5 Å². The van der Waals surface area contributed by atoms with E-state index in [0.29, 0.717) is 30.7 Å². The van der Waals surface area contributed by atoms with E-state index in [-0.39, 0.29) is 17.2 Å². The van der Waals surface area contributed by atoms with Crippen LogP contribution in [-0.2, 0) is 12.0 Å². The van der Waals surface area contributed by atoms with Gasteiger partial charge in [0.15, 0.2) is 5.82 Å². The van der Waals surface area contributed by atoms with E-state index in [1.807, 2.05) is 42.2 Å². The number of hydrogen-bond donors (Lipinski definition) is 0. The van der Waals surface area contributed by atoms with Crippen molar-refractivity contribution < 1.29 is 9.32 Å². The van der Waals surface area contributed by atoms with Crippen molar-refractivity contribution in [3.8, 4) is 0 Å². The molecule has 0 N–H and O–H groups in total. The molecule has 2 atom stereocenters. The van der Waals surface area contributed by atoms with Gasteiger partial charge in [-0.25, -0.2) is 0 Å². The van der Waals surface area contributed by atoms with Crippen molar-refractivity contribution in [1.82, 2.24) is 19.9 Å². The molecular weight excluding hydrogens is 400 g/mol. The molecule has 5 rings (SSSR count). The predicted molar refractivity (Wildman–Crippen MR) is 122 cm³/mol. The largest absolute Gasteiger partial charge is 0.339 e. The Morgan fingerprint density at radius 2 is 1.84 bits per heavy atom. The molecule has 3 heterocycles. The molecule has 0 bridgehead atoms. The summed E-state index contributed by atoms with van der Waals surface area (Å²) < 4.78 is 5.70. The van der Waals surface area contributed by atoms with E-state index in [0.717, 1.165) is 25.2 Å². The Morgan fingerprint density at radius 1 is 1.09 bits per heavy atom. The Bertz CT molecular complexity index is 1090. The standard InChI is InChI=1S/C26H30N4O2/c1-18(2)21-11-9-20(10-12-21)13-29-14-23-15-30(24(31)22-7-5-4-6-8-22)17-26(23,16-29)25-27-19(3)28-32-25/h4-12,18,23H,13-17H2,1-3H3/t23-,26-/m0/s1. The molecule has 1 aromatic heterocycles. The second-order valence-electron chi connectivity index (χ2n) is 9.62. The molecule has 0 spiro atoms. The predicted octanol–water partition coefficient (Wildman–Crippen LogP) is 4.03. The average Bonchev–Trinajstić information content (AvgIpc) is 3.47. The highest BCUT2D eigenvalue weighted by atomic mass is 16.5. The summed E-state index contributed by atoms with van der Waals surface area (Å²) in [7, 11) is 0. The molecule has 0 unspecified atom stereocenters. The zero-order chi connectivity index (χ0) is 22.3. The van der Waals surface area contributed by atoms with Gasteiger partial charge in [-0.2, -0.15) is 4.98 Å². The van der Waals surface area contributed by atoms with Crippen molar-refractivity contribution >= 4 is 5.91 Å². The molecule has 2 saturated heterocycles. The topological polar surface area (TPSA) is 62.5 Å². The number of carbonyl (C=O) groups excluding carboxylic acids is 1. The van der Waals surface area contributed by atoms with Crippen LogP contribution in [0.3, 0.4) is 0 Å². The highest BCUT2D eigenvalue weighted by molar-refractivity contribution is 5.94. The lowest BCUT2D eigenvalue weighted by molar-refractivity contribution is 0.0766. The van der Waals surface area contributed by atoms with Crippen LogP contribution in [0, 0.1) is 12.8 Å². The highest BCUT2D eigenvalue weighted by Crippen LogP contribution is 2.45. The highest BCUT2D eigenvalue weighted by Gasteiger charge is 2.57. The summed E-state index contributed by atoms with van der Waals surface area (Å²) in [5, 5.41) is 4.07. The molecule has 32 heavy (non-hydrogen) atoms. The number of benzene rings is 2. The van der Waals surface area contributed by atoms with Crippen molar-refractivity contribution in [3.63, 3.8) is 0 Å². The fraction of sp³-hybridized carbons (Fsp3) is 0.423. The quantitative estimate of drug-likeness (QED) is 0.612.